The molecule has 2 fully saturated rings. The summed E-state index contributed by atoms with van der Waals surface area (Å²) < 4.78 is 80.3. The summed E-state index contributed by atoms with van der Waals surface area (Å²) in [6, 6.07) is 7.12. The van der Waals surface area contributed by atoms with E-state index < -0.39 is 52.4 Å². The molecule has 3 heterocycles. The Hall–Kier alpha value is -3.94. The summed E-state index contributed by atoms with van der Waals surface area (Å²) in [5, 5.41) is 2.49. The minimum Gasteiger partial charge on any atom is -0.338 e. The minimum atomic E-state index is -5.10. The van der Waals surface area contributed by atoms with Gasteiger partial charge in [-0.15, -0.1) is 11.3 Å². The van der Waals surface area contributed by atoms with Crippen LogP contribution in [0.2, 0.25) is 0 Å². The van der Waals surface area contributed by atoms with Crippen LogP contribution in [0.5, 0.6) is 0 Å². The van der Waals surface area contributed by atoms with Crippen LogP contribution in [-0.4, -0.2) is 51.3 Å². The average Bonchev–Trinajstić information content (AvgIpc) is 3.42. The SMILES string of the molecule is Cc1nc(CN2C(=O)N(c3ccccc3C)C3(CCN(C(=O)c4cc(C(F)(F)F)cc(C(F)(F)F)c4)CC3)C2=O)cs1. The van der Waals surface area contributed by atoms with Gasteiger partial charge in [-0.2, -0.15) is 26.3 Å². The van der Waals surface area contributed by atoms with Gasteiger partial charge >= 0.3 is 18.4 Å². The molecule has 0 unspecified atom stereocenters. The number of halogens is 6. The number of anilines is 1. The van der Waals surface area contributed by atoms with Crippen molar-refractivity contribution in [3.8, 4) is 0 Å². The molecule has 0 radical (unpaired) electrons. The largest absolute Gasteiger partial charge is 0.416 e. The summed E-state index contributed by atoms with van der Waals surface area (Å²) in [7, 11) is 0. The monoisotopic (exact) mass is 610 g/mol. The van der Waals surface area contributed by atoms with E-state index in [1.807, 2.05) is 0 Å². The number of carbonyl (C=O) groups excluding carboxylic acids is 3. The number of hydrogen-bond acceptors (Lipinski definition) is 5. The Kier molecular flexibility index (Phi) is 7.32. The number of imide groups is 1. The molecule has 0 aliphatic carbocycles. The highest BCUT2D eigenvalue weighted by Gasteiger charge is 2.59. The van der Waals surface area contributed by atoms with E-state index in [1.54, 1.807) is 43.5 Å². The maximum atomic E-state index is 13.9. The van der Waals surface area contributed by atoms with E-state index in [-0.39, 0.29) is 38.5 Å². The predicted octanol–water partition coefficient (Wildman–Crippen LogP) is 6.44. The molecule has 2 aliphatic rings. The van der Waals surface area contributed by atoms with Crippen LogP contribution in [-0.2, 0) is 23.7 Å². The van der Waals surface area contributed by atoms with Crippen LogP contribution < -0.4 is 4.90 Å². The van der Waals surface area contributed by atoms with Crippen molar-refractivity contribution in [1.82, 2.24) is 14.8 Å². The van der Waals surface area contributed by atoms with Crippen molar-refractivity contribution in [2.45, 2.75) is 51.1 Å². The van der Waals surface area contributed by atoms with Crippen LogP contribution in [0.3, 0.4) is 0 Å². The molecule has 2 aliphatic heterocycles. The van der Waals surface area contributed by atoms with Gasteiger partial charge in [-0.05, 0) is 56.5 Å². The van der Waals surface area contributed by atoms with Crippen LogP contribution >= 0.6 is 11.3 Å². The van der Waals surface area contributed by atoms with Crippen LogP contribution in [0.1, 0.15) is 50.6 Å². The number of aryl methyl sites for hydroxylation is 2. The number of hydrogen-bond donors (Lipinski definition) is 0. The first-order chi connectivity index (χ1) is 19.6. The molecular formula is C28H24F6N4O3S. The number of amides is 4. The Balaban J connectivity index is 1.46. The van der Waals surface area contributed by atoms with Gasteiger partial charge < -0.3 is 4.90 Å². The van der Waals surface area contributed by atoms with Gasteiger partial charge in [-0.3, -0.25) is 19.4 Å². The number of likely N-dealkylation sites (tertiary alicyclic amines) is 1. The number of aromatic nitrogens is 1. The van der Waals surface area contributed by atoms with E-state index in [2.05, 4.69) is 4.98 Å². The molecule has 2 aromatic carbocycles. The maximum Gasteiger partial charge on any atom is 0.416 e. The van der Waals surface area contributed by atoms with Crippen molar-refractivity contribution in [2.75, 3.05) is 18.0 Å². The molecule has 2 saturated heterocycles. The lowest BCUT2D eigenvalue weighted by Crippen LogP contribution is -2.57. The Morgan fingerprint density at radius 3 is 2.07 bits per heavy atom. The number of alkyl halides is 6. The van der Waals surface area contributed by atoms with Gasteiger partial charge in [0.25, 0.3) is 11.8 Å². The number of urea groups is 1. The van der Waals surface area contributed by atoms with E-state index in [1.165, 1.54) is 16.2 Å². The Morgan fingerprint density at radius 1 is 0.952 bits per heavy atom. The first-order valence-corrected chi connectivity index (χ1v) is 13.7. The van der Waals surface area contributed by atoms with Crippen molar-refractivity contribution in [3.05, 3.63) is 80.8 Å². The fraction of sp³-hybridized carbons (Fsp3) is 0.357. The summed E-state index contributed by atoms with van der Waals surface area (Å²) >= 11 is 1.36. The number of carbonyl (C=O) groups is 3. The van der Waals surface area contributed by atoms with E-state index in [4.69, 9.17) is 0 Å². The van der Waals surface area contributed by atoms with E-state index in [0.717, 1.165) is 14.8 Å². The van der Waals surface area contributed by atoms with Gasteiger partial charge in [0.2, 0.25) is 0 Å². The maximum absolute atomic E-state index is 13.9. The summed E-state index contributed by atoms with van der Waals surface area (Å²) in [4.78, 5) is 48.9. The average molecular weight is 611 g/mol. The third kappa shape index (κ3) is 5.23. The molecule has 222 valence electrons. The molecule has 42 heavy (non-hydrogen) atoms. The Morgan fingerprint density at radius 2 is 1.55 bits per heavy atom. The van der Waals surface area contributed by atoms with Gasteiger partial charge in [0.15, 0.2) is 0 Å². The van der Waals surface area contributed by atoms with Gasteiger partial charge in [0.1, 0.15) is 5.54 Å². The third-order valence-electron chi connectivity index (χ3n) is 7.55. The summed E-state index contributed by atoms with van der Waals surface area (Å²) in [5.41, 5.74) is -3.63. The topological polar surface area (TPSA) is 73.8 Å². The number of para-hydroxylation sites is 1. The van der Waals surface area contributed by atoms with E-state index >= 15 is 0 Å². The normalized spacial score (nSPS) is 17.5. The molecule has 4 amide bonds. The van der Waals surface area contributed by atoms with Crippen LogP contribution in [0.15, 0.2) is 47.8 Å². The fourth-order valence-electron chi connectivity index (χ4n) is 5.45. The molecule has 0 N–H and O–H groups in total. The first-order valence-electron chi connectivity index (χ1n) is 12.8. The summed E-state index contributed by atoms with van der Waals surface area (Å²) in [6.07, 6.45) is -10.4. The Labute approximate surface area is 240 Å². The highest BCUT2D eigenvalue weighted by molar-refractivity contribution is 7.09. The zero-order chi connectivity index (χ0) is 30.6. The van der Waals surface area contributed by atoms with Crippen LogP contribution in [0.25, 0.3) is 0 Å². The van der Waals surface area contributed by atoms with E-state index in [0.29, 0.717) is 29.1 Å². The smallest absolute Gasteiger partial charge is 0.338 e. The Bertz CT molecular complexity index is 1530. The van der Waals surface area contributed by atoms with Crippen LogP contribution in [0, 0.1) is 13.8 Å². The number of benzene rings is 2. The number of nitrogens with zero attached hydrogens (tertiary/aromatic N) is 4. The van der Waals surface area contributed by atoms with Gasteiger partial charge in [-0.25, -0.2) is 9.78 Å². The highest BCUT2D eigenvalue weighted by Crippen LogP contribution is 2.43. The second kappa shape index (κ2) is 10.4. The third-order valence-corrected chi connectivity index (χ3v) is 8.37. The van der Waals surface area contributed by atoms with E-state index in [9.17, 15) is 40.7 Å². The lowest BCUT2D eigenvalue weighted by atomic mass is 9.84. The fourth-order valence-corrected chi connectivity index (χ4v) is 6.05. The molecule has 1 aromatic heterocycles. The molecule has 0 atom stereocenters. The molecule has 3 aromatic rings. The molecule has 0 bridgehead atoms. The van der Waals surface area contributed by atoms with Crippen molar-refractivity contribution >= 4 is 34.9 Å². The lowest BCUT2D eigenvalue weighted by Gasteiger charge is -2.42. The van der Waals surface area contributed by atoms with Crippen molar-refractivity contribution < 1.29 is 40.7 Å². The highest BCUT2D eigenvalue weighted by atomic mass is 32.1. The second-order valence-corrected chi connectivity index (χ2v) is 11.3. The van der Waals surface area contributed by atoms with Crippen molar-refractivity contribution in [1.29, 1.82) is 0 Å². The van der Waals surface area contributed by atoms with Crippen molar-refractivity contribution in [2.24, 2.45) is 0 Å². The molecule has 0 saturated carbocycles. The van der Waals surface area contributed by atoms with Gasteiger partial charge in [0, 0.05) is 29.7 Å². The number of thiazole rings is 1. The molecule has 14 heteroatoms. The number of piperidine rings is 1. The predicted molar refractivity (Wildman–Crippen MR) is 141 cm³/mol. The molecule has 1 spiro atoms. The number of rotatable bonds is 4. The van der Waals surface area contributed by atoms with Crippen molar-refractivity contribution in [3.63, 3.8) is 0 Å². The zero-order valence-corrected chi connectivity index (χ0v) is 23.2. The molecular weight excluding hydrogens is 586 g/mol. The quantitative estimate of drug-likeness (QED) is 0.252. The van der Waals surface area contributed by atoms with Gasteiger partial charge in [-0.1, -0.05) is 18.2 Å². The first kappa shape index (κ1) is 29.5. The second-order valence-electron chi connectivity index (χ2n) is 10.3. The molecule has 5 rings (SSSR count). The lowest BCUT2D eigenvalue weighted by molar-refractivity contribution is -0.143. The minimum absolute atomic E-state index is 0.0384. The van der Waals surface area contributed by atoms with Gasteiger partial charge in [0.05, 0.1) is 28.4 Å². The molecule has 7 nitrogen and oxygen atoms in total. The summed E-state index contributed by atoms with van der Waals surface area (Å²) in [6.45, 7) is 3.14. The summed E-state index contributed by atoms with van der Waals surface area (Å²) in [5.74, 6) is -1.54. The standard InChI is InChI=1S/C28H24F6N4O3S/c1-16-5-3-4-6-22(16)38-25(41)37(14-21-15-42-17(2)35-21)24(40)26(38)7-9-36(10-8-26)23(39)18-11-19(27(29,30)31)13-20(12-18)28(32,33)34/h3-6,11-13,15H,7-10,14H2,1-2H3. The van der Waals surface area contributed by atoms with Crippen LogP contribution in [0.4, 0.5) is 36.8 Å². The zero-order valence-electron chi connectivity index (χ0n) is 22.3.